The average molecular weight is 271 g/mol. The lowest BCUT2D eigenvalue weighted by Gasteiger charge is -2.24. The smallest absolute Gasteiger partial charge is 0.128 e. The van der Waals surface area contributed by atoms with Gasteiger partial charge in [0.25, 0.3) is 0 Å². The molecule has 20 heavy (non-hydrogen) atoms. The first-order valence-electron chi connectivity index (χ1n) is 7.50. The summed E-state index contributed by atoms with van der Waals surface area (Å²) in [5, 5.41) is 1.16. The number of aromatic nitrogens is 1. The van der Waals surface area contributed by atoms with Crippen molar-refractivity contribution in [2.24, 2.45) is 5.92 Å². The Labute approximate surface area is 121 Å². The van der Waals surface area contributed by atoms with Gasteiger partial charge in [-0.3, -0.25) is 4.90 Å². The Morgan fingerprint density at radius 3 is 2.70 bits per heavy atom. The molecule has 2 aromatic rings. The standard InChI is InChI=1S/C17H25N3/c1-4-13(3)11-20(5-2)12-15-10-14-8-6-7-9-16(14)19-17(15)18/h6-10,13H,4-5,11-12H2,1-3H3,(H2,18,19). The first kappa shape index (κ1) is 14.8. The molecule has 0 aliphatic heterocycles. The van der Waals surface area contributed by atoms with Crippen LogP contribution in [0.1, 0.15) is 32.8 Å². The van der Waals surface area contributed by atoms with Crippen LogP contribution in [0.4, 0.5) is 5.82 Å². The van der Waals surface area contributed by atoms with Crippen molar-refractivity contribution >= 4 is 16.7 Å². The summed E-state index contributed by atoms with van der Waals surface area (Å²) in [5.74, 6) is 1.37. The number of para-hydroxylation sites is 1. The fourth-order valence-electron chi connectivity index (χ4n) is 2.42. The molecule has 0 radical (unpaired) electrons. The lowest BCUT2D eigenvalue weighted by Crippen LogP contribution is -2.28. The summed E-state index contributed by atoms with van der Waals surface area (Å²) in [6, 6.07) is 10.3. The number of rotatable bonds is 6. The van der Waals surface area contributed by atoms with E-state index in [1.54, 1.807) is 0 Å². The Morgan fingerprint density at radius 1 is 1.25 bits per heavy atom. The second-order valence-electron chi connectivity index (χ2n) is 5.57. The highest BCUT2D eigenvalue weighted by Crippen LogP contribution is 2.20. The number of nitrogens with two attached hydrogens (primary N) is 1. The van der Waals surface area contributed by atoms with Crippen LogP contribution in [-0.2, 0) is 6.54 Å². The SMILES string of the molecule is CCC(C)CN(CC)Cc1cc2ccccc2nc1N. The van der Waals surface area contributed by atoms with E-state index < -0.39 is 0 Å². The van der Waals surface area contributed by atoms with Crippen LogP contribution in [0.5, 0.6) is 0 Å². The van der Waals surface area contributed by atoms with Gasteiger partial charge in [-0.1, -0.05) is 45.4 Å². The average Bonchev–Trinajstić information content (AvgIpc) is 2.46. The summed E-state index contributed by atoms with van der Waals surface area (Å²) in [6.07, 6.45) is 1.21. The highest BCUT2D eigenvalue weighted by atomic mass is 15.1. The molecule has 3 nitrogen and oxygen atoms in total. The Hall–Kier alpha value is -1.61. The van der Waals surface area contributed by atoms with Crippen molar-refractivity contribution in [1.82, 2.24) is 9.88 Å². The molecular weight excluding hydrogens is 246 g/mol. The Morgan fingerprint density at radius 2 is 2.00 bits per heavy atom. The molecule has 0 bridgehead atoms. The van der Waals surface area contributed by atoms with Crippen molar-refractivity contribution in [3.05, 3.63) is 35.9 Å². The molecule has 0 amide bonds. The number of anilines is 1. The summed E-state index contributed by atoms with van der Waals surface area (Å²) >= 11 is 0. The van der Waals surface area contributed by atoms with E-state index in [-0.39, 0.29) is 0 Å². The molecule has 1 aromatic carbocycles. The minimum absolute atomic E-state index is 0.659. The third-order valence-electron chi connectivity index (χ3n) is 3.94. The number of pyridine rings is 1. The van der Waals surface area contributed by atoms with Crippen LogP contribution < -0.4 is 5.73 Å². The van der Waals surface area contributed by atoms with Gasteiger partial charge in [-0.25, -0.2) is 4.98 Å². The third-order valence-corrected chi connectivity index (χ3v) is 3.94. The number of benzene rings is 1. The summed E-state index contributed by atoms with van der Waals surface area (Å²) in [5.41, 5.74) is 8.22. The maximum absolute atomic E-state index is 6.12. The van der Waals surface area contributed by atoms with E-state index in [9.17, 15) is 0 Å². The molecule has 1 heterocycles. The van der Waals surface area contributed by atoms with Gasteiger partial charge in [0.1, 0.15) is 5.82 Å². The number of fused-ring (bicyclic) bond motifs is 1. The highest BCUT2D eigenvalue weighted by molar-refractivity contribution is 5.81. The first-order chi connectivity index (χ1) is 9.63. The summed E-state index contributed by atoms with van der Waals surface area (Å²) in [7, 11) is 0. The van der Waals surface area contributed by atoms with Gasteiger partial charge in [0.2, 0.25) is 0 Å². The van der Waals surface area contributed by atoms with Crippen molar-refractivity contribution in [2.75, 3.05) is 18.8 Å². The van der Waals surface area contributed by atoms with Gasteiger partial charge in [-0.2, -0.15) is 0 Å². The Balaban J connectivity index is 2.21. The summed E-state index contributed by atoms with van der Waals surface area (Å²) < 4.78 is 0. The van der Waals surface area contributed by atoms with Crippen molar-refractivity contribution in [3.8, 4) is 0 Å². The van der Waals surface area contributed by atoms with E-state index >= 15 is 0 Å². The van der Waals surface area contributed by atoms with Crippen molar-refractivity contribution in [2.45, 2.75) is 33.7 Å². The second-order valence-corrected chi connectivity index (χ2v) is 5.57. The zero-order valence-corrected chi connectivity index (χ0v) is 12.8. The molecule has 1 aromatic heterocycles. The zero-order valence-electron chi connectivity index (χ0n) is 12.8. The van der Waals surface area contributed by atoms with E-state index in [1.807, 2.05) is 18.2 Å². The largest absolute Gasteiger partial charge is 0.383 e. The topological polar surface area (TPSA) is 42.2 Å². The molecule has 1 unspecified atom stereocenters. The van der Waals surface area contributed by atoms with E-state index in [0.29, 0.717) is 11.7 Å². The van der Waals surface area contributed by atoms with Crippen LogP contribution in [0, 0.1) is 5.92 Å². The number of nitrogen functional groups attached to an aromatic ring is 1. The van der Waals surface area contributed by atoms with Crippen LogP contribution in [-0.4, -0.2) is 23.0 Å². The number of hydrogen-bond acceptors (Lipinski definition) is 3. The normalized spacial score (nSPS) is 13.0. The van der Waals surface area contributed by atoms with E-state index in [4.69, 9.17) is 5.73 Å². The minimum Gasteiger partial charge on any atom is -0.383 e. The van der Waals surface area contributed by atoms with Crippen molar-refractivity contribution < 1.29 is 0 Å². The Kier molecular flexibility index (Phi) is 4.96. The zero-order chi connectivity index (χ0) is 14.5. The molecule has 108 valence electrons. The van der Waals surface area contributed by atoms with Crippen LogP contribution in [0.25, 0.3) is 10.9 Å². The molecule has 0 aliphatic rings. The molecule has 2 N–H and O–H groups in total. The van der Waals surface area contributed by atoms with Gasteiger partial charge in [-0.05, 0) is 24.6 Å². The quantitative estimate of drug-likeness (QED) is 0.871. The predicted octanol–water partition coefficient (Wildman–Crippen LogP) is 3.69. The molecule has 0 fully saturated rings. The lowest BCUT2D eigenvalue weighted by molar-refractivity contribution is 0.238. The molecule has 0 saturated carbocycles. The minimum atomic E-state index is 0.659. The lowest BCUT2D eigenvalue weighted by atomic mass is 10.1. The first-order valence-corrected chi connectivity index (χ1v) is 7.50. The van der Waals surface area contributed by atoms with E-state index in [1.165, 1.54) is 6.42 Å². The van der Waals surface area contributed by atoms with E-state index in [2.05, 4.69) is 42.8 Å². The van der Waals surface area contributed by atoms with Gasteiger partial charge in [-0.15, -0.1) is 0 Å². The number of hydrogen-bond donors (Lipinski definition) is 1. The van der Waals surface area contributed by atoms with Crippen LogP contribution >= 0.6 is 0 Å². The van der Waals surface area contributed by atoms with Crippen LogP contribution in [0.3, 0.4) is 0 Å². The summed E-state index contributed by atoms with van der Waals surface area (Å²) in [6.45, 7) is 9.77. The maximum Gasteiger partial charge on any atom is 0.128 e. The highest BCUT2D eigenvalue weighted by Gasteiger charge is 2.11. The van der Waals surface area contributed by atoms with E-state index in [0.717, 1.165) is 36.1 Å². The number of nitrogens with zero attached hydrogens (tertiary/aromatic N) is 2. The van der Waals surface area contributed by atoms with Gasteiger partial charge in [0, 0.05) is 24.0 Å². The van der Waals surface area contributed by atoms with Gasteiger partial charge >= 0.3 is 0 Å². The maximum atomic E-state index is 6.12. The molecule has 0 aliphatic carbocycles. The van der Waals surface area contributed by atoms with Gasteiger partial charge in [0.15, 0.2) is 0 Å². The van der Waals surface area contributed by atoms with Gasteiger partial charge in [0.05, 0.1) is 5.52 Å². The second kappa shape index (κ2) is 6.71. The van der Waals surface area contributed by atoms with Gasteiger partial charge < -0.3 is 5.73 Å². The molecule has 0 spiro atoms. The fourth-order valence-corrected chi connectivity index (χ4v) is 2.42. The third kappa shape index (κ3) is 3.48. The van der Waals surface area contributed by atoms with Crippen LogP contribution in [0.2, 0.25) is 0 Å². The Bertz CT molecular complexity index is 565. The fraction of sp³-hybridized carbons (Fsp3) is 0.471. The molecule has 1 atom stereocenters. The van der Waals surface area contributed by atoms with Crippen molar-refractivity contribution in [3.63, 3.8) is 0 Å². The van der Waals surface area contributed by atoms with Crippen molar-refractivity contribution in [1.29, 1.82) is 0 Å². The monoisotopic (exact) mass is 271 g/mol. The molecular formula is C17H25N3. The summed E-state index contributed by atoms with van der Waals surface area (Å²) in [4.78, 5) is 6.95. The molecule has 3 heteroatoms. The molecule has 2 rings (SSSR count). The van der Waals surface area contributed by atoms with Crippen LogP contribution in [0.15, 0.2) is 30.3 Å². The predicted molar refractivity (Wildman–Crippen MR) is 86.6 cm³/mol. The molecule has 0 saturated heterocycles.